The van der Waals surface area contributed by atoms with E-state index in [9.17, 15) is 4.39 Å². The Morgan fingerprint density at radius 1 is 1.33 bits per heavy atom. The summed E-state index contributed by atoms with van der Waals surface area (Å²) in [5.74, 6) is 1.24. The summed E-state index contributed by atoms with van der Waals surface area (Å²) in [6, 6.07) is 6.45. The number of guanidine groups is 1. The molecular weight excluding hydrogens is 384 g/mol. The van der Waals surface area contributed by atoms with E-state index in [-0.39, 0.29) is 29.8 Å². The molecule has 0 aliphatic rings. The number of rotatable bonds is 7. The zero-order valence-corrected chi connectivity index (χ0v) is 15.2. The molecule has 0 saturated heterocycles. The van der Waals surface area contributed by atoms with Crippen LogP contribution in [-0.4, -0.2) is 32.2 Å². The van der Waals surface area contributed by atoms with Gasteiger partial charge in [0.2, 0.25) is 0 Å². The zero-order valence-electron chi connectivity index (χ0n) is 12.9. The van der Waals surface area contributed by atoms with Gasteiger partial charge < -0.3 is 15.4 Å². The van der Waals surface area contributed by atoms with Crippen LogP contribution in [0.4, 0.5) is 4.39 Å². The quantitative estimate of drug-likeness (QED) is 0.315. The first kappa shape index (κ1) is 19.9. The molecule has 1 atom stereocenters. The van der Waals surface area contributed by atoms with Crippen LogP contribution in [-0.2, 0) is 0 Å². The lowest BCUT2D eigenvalue weighted by atomic mass is 10.3. The fourth-order valence-electron chi connectivity index (χ4n) is 1.53. The molecule has 0 bridgehead atoms. The summed E-state index contributed by atoms with van der Waals surface area (Å²) in [7, 11) is 1.76. The molecule has 6 heteroatoms. The van der Waals surface area contributed by atoms with Gasteiger partial charge in [-0.1, -0.05) is 6.92 Å². The van der Waals surface area contributed by atoms with E-state index < -0.39 is 0 Å². The van der Waals surface area contributed by atoms with Crippen molar-refractivity contribution < 1.29 is 9.13 Å². The van der Waals surface area contributed by atoms with Crippen molar-refractivity contribution in [3.8, 4) is 5.75 Å². The molecule has 120 valence electrons. The van der Waals surface area contributed by atoms with Crippen LogP contribution in [0.25, 0.3) is 0 Å². The number of hydrogen-bond acceptors (Lipinski definition) is 2. The van der Waals surface area contributed by atoms with E-state index in [2.05, 4.69) is 29.5 Å². The van der Waals surface area contributed by atoms with Gasteiger partial charge in [0.15, 0.2) is 5.96 Å². The molecule has 0 fully saturated rings. The van der Waals surface area contributed by atoms with Crippen molar-refractivity contribution >= 4 is 29.9 Å². The van der Waals surface area contributed by atoms with Gasteiger partial charge in [-0.25, -0.2) is 4.39 Å². The van der Waals surface area contributed by atoms with E-state index in [1.165, 1.54) is 12.1 Å². The Kier molecular flexibility index (Phi) is 11.0. The van der Waals surface area contributed by atoms with Crippen LogP contribution in [0.1, 0.15) is 26.7 Å². The molecule has 2 N–H and O–H groups in total. The lowest BCUT2D eigenvalue weighted by Gasteiger charge is -2.16. The maximum absolute atomic E-state index is 12.7. The molecule has 0 aliphatic heterocycles. The van der Waals surface area contributed by atoms with E-state index in [0.29, 0.717) is 18.4 Å². The topological polar surface area (TPSA) is 45.7 Å². The van der Waals surface area contributed by atoms with Gasteiger partial charge in [0.25, 0.3) is 0 Å². The maximum Gasteiger partial charge on any atom is 0.191 e. The third kappa shape index (κ3) is 8.75. The standard InChI is InChI=1S/C15H24FN3O.HI/c1-4-12(2)19-15(17-3)18-10-5-11-20-14-8-6-13(16)7-9-14;/h6-9,12H,4-5,10-11H2,1-3H3,(H2,17,18,19);1H. The average Bonchev–Trinajstić information content (AvgIpc) is 2.47. The number of hydrogen-bond donors (Lipinski definition) is 2. The summed E-state index contributed by atoms with van der Waals surface area (Å²) < 4.78 is 18.2. The van der Waals surface area contributed by atoms with Gasteiger partial charge in [0, 0.05) is 19.6 Å². The van der Waals surface area contributed by atoms with Gasteiger partial charge >= 0.3 is 0 Å². The first-order valence-electron chi connectivity index (χ1n) is 7.01. The van der Waals surface area contributed by atoms with Crippen molar-refractivity contribution in [3.05, 3.63) is 30.1 Å². The van der Waals surface area contributed by atoms with Crippen LogP contribution in [0.2, 0.25) is 0 Å². The maximum atomic E-state index is 12.7. The summed E-state index contributed by atoms with van der Waals surface area (Å²) in [5.41, 5.74) is 0. The molecule has 4 nitrogen and oxygen atoms in total. The summed E-state index contributed by atoms with van der Waals surface area (Å²) in [5, 5.41) is 6.52. The summed E-state index contributed by atoms with van der Waals surface area (Å²) in [6.45, 7) is 5.60. The highest BCUT2D eigenvalue weighted by atomic mass is 127. The molecule has 1 aromatic rings. The second-order valence-electron chi connectivity index (χ2n) is 4.61. The van der Waals surface area contributed by atoms with E-state index in [1.54, 1.807) is 19.2 Å². The Morgan fingerprint density at radius 3 is 2.57 bits per heavy atom. The Balaban J connectivity index is 0.00000400. The van der Waals surface area contributed by atoms with Crippen LogP contribution in [0, 0.1) is 5.82 Å². The number of halogens is 2. The van der Waals surface area contributed by atoms with Crippen LogP contribution in [0.15, 0.2) is 29.3 Å². The highest BCUT2D eigenvalue weighted by Crippen LogP contribution is 2.10. The predicted molar refractivity (Wildman–Crippen MR) is 96.2 cm³/mol. The van der Waals surface area contributed by atoms with Crippen molar-refractivity contribution in [2.75, 3.05) is 20.2 Å². The Bertz CT molecular complexity index is 412. The molecular formula is C15H25FIN3O. The fraction of sp³-hybridized carbons (Fsp3) is 0.533. The largest absolute Gasteiger partial charge is 0.494 e. The molecule has 0 aliphatic carbocycles. The van der Waals surface area contributed by atoms with Crippen molar-refractivity contribution in [2.24, 2.45) is 4.99 Å². The van der Waals surface area contributed by atoms with Gasteiger partial charge in [-0.3, -0.25) is 4.99 Å². The van der Waals surface area contributed by atoms with Gasteiger partial charge in [0.1, 0.15) is 11.6 Å². The summed E-state index contributed by atoms with van der Waals surface area (Å²) >= 11 is 0. The summed E-state index contributed by atoms with van der Waals surface area (Å²) in [6.07, 6.45) is 1.90. The molecule has 1 rings (SSSR count). The van der Waals surface area contributed by atoms with E-state index in [1.807, 2.05) is 0 Å². The normalized spacial score (nSPS) is 12.3. The lowest BCUT2D eigenvalue weighted by Crippen LogP contribution is -2.42. The lowest BCUT2D eigenvalue weighted by molar-refractivity contribution is 0.310. The molecule has 0 amide bonds. The van der Waals surface area contributed by atoms with Gasteiger partial charge in [0.05, 0.1) is 6.61 Å². The Morgan fingerprint density at radius 2 is 2.00 bits per heavy atom. The second-order valence-corrected chi connectivity index (χ2v) is 4.61. The van der Waals surface area contributed by atoms with Gasteiger partial charge in [-0.05, 0) is 44.0 Å². The van der Waals surface area contributed by atoms with Crippen LogP contribution in [0.5, 0.6) is 5.75 Å². The minimum absolute atomic E-state index is 0. The van der Waals surface area contributed by atoms with Gasteiger partial charge in [-0.2, -0.15) is 0 Å². The SMILES string of the molecule is CCC(C)NC(=NC)NCCCOc1ccc(F)cc1.I. The molecule has 0 aromatic heterocycles. The highest BCUT2D eigenvalue weighted by Gasteiger charge is 2.01. The average molecular weight is 409 g/mol. The fourth-order valence-corrected chi connectivity index (χ4v) is 1.53. The summed E-state index contributed by atoms with van der Waals surface area (Å²) in [4.78, 5) is 4.15. The molecule has 0 saturated carbocycles. The van der Waals surface area contributed by atoms with Crippen molar-refractivity contribution in [1.82, 2.24) is 10.6 Å². The van der Waals surface area contributed by atoms with Crippen molar-refractivity contribution in [3.63, 3.8) is 0 Å². The Labute approximate surface area is 143 Å². The van der Waals surface area contributed by atoms with Crippen molar-refractivity contribution in [2.45, 2.75) is 32.7 Å². The number of nitrogens with zero attached hydrogens (tertiary/aromatic N) is 1. The van der Waals surface area contributed by atoms with E-state index >= 15 is 0 Å². The van der Waals surface area contributed by atoms with Crippen LogP contribution >= 0.6 is 24.0 Å². The second kappa shape index (κ2) is 11.6. The highest BCUT2D eigenvalue weighted by molar-refractivity contribution is 14.0. The number of ether oxygens (including phenoxy) is 1. The number of benzene rings is 1. The van der Waals surface area contributed by atoms with Gasteiger partial charge in [-0.15, -0.1) is 24.0 Å². The number of aliphatic imine (C=N–C) groups is 1. The number of nitrogens with one attached hydrogen (secondary N) is 2. The van der Waals surface area contributed by atoms with E-state index in [4.69, 9.17) is 4.74 Å². The Hall–Kier alpha value is -1.05. The minimum Gasteiger partial charge on any atom is -0.494 e. The third-order valence-corrected chi connectivity index (χ3v) is 2.92. The molecule has 21 heavy (non-hydrogen) atoms. The first-order chi connectivity index (χ1) is 9.65. The molecule has 0 heterocycles. The van der Waals surface area contributed by atoms with Crippen LogP contribution in [0.3, 0.4) is 0 Å². The zero-order chi connectivity index (χ0) is 14.8. The van der Waals surface area contributed by atoms with Crippen molar-refractivity contribution in [1.29, 1.82) is 0 Å². The monoisotopic (exact) mass is 409 g/mol. The van der Waals surface area contributed by atoms with E-state index in [0.717, 1.165) is 25.3 Å². The molecule has 0 spiro atoms. The first-order valence-corrected chi connectivity index (χ1v) is 7.01. The molecule has 1 unspecified atom stereocenters. The smallest absolute Gasteiger partial charge is 0.191 e. The third-order valence-electron chi connectivity index (χ3n) is 2.92. The molecule has 1 aromatic carbocycles. The minimum atomic E-state index is -0.251. The molecule has 0 radical (unpaired) electrons. The predicted octanol–water partition coefficient (Wildman–Crippen LogP) is 3.18. The van der Waals surface area contributed by atoms with Crippen LogP contribution < -0.4 is 15.4 Å².